The van der Waals surface area contributed by atoms with E-state index < -0.39 is 0 Å². The van der Waals surface area contributed by atoms with Crippen LogP contribution >= 0.6 is 0 Å². The first-order chi connectivity index (χ1) is 8.96. The molecule has 0 aliphatic carbocycles. The number of aromatic nitrogens is 1. The van der Waals surface area contributed by atoms with Crippen molar-refractivity contribution in [3.63, 3.8) is 0 Å². The molecule has 0 spiro atoms. The Morgan fingerprint density at radius 1 is 1.26 bits per heavy atom. The second-order valence-electron chi connectivity index (χ2n) is 5.60. The smallest absolute Gasteiger partial charge is 0.0705 e. The van der Waals surface area contributed by atoms with Crippen LogP contribution in [0.2, 0.25) is 0 Å². The highest BCUT2D eigenvalue weighted by molar-refractivity contribution is 5.79. The largest absolute Gasteiger partial charge is 0.302 e. The lowest BCUT2D eigenvalue weighted by molar-refractivity contribution is 0.138. The summed E-state index contributed by atoms with van der Waals surface area (Å²) in [6.45, 7) is 4.33. The average Bonchev–Trinajstić information content (AvgIpc) is 2.39. The van der Waals surface area contributed by atoms with Crippen molar-refractivity contribution in [2.45, 2.75) is 25.4 Å². The van der Waals surface area contributed by atoms with Gasteiger partial charge in [-0.1, -0.05) is 18.2 Å². The Morgan fingerprint density at radius 2 is 2.00 bits per heavy atom. The van der Waals surface area contributed by atoms with Crippen LogP contribution in [-0.2, 0) is 0 Å². The van der Waals surface area contributed by atoms with Gasteiger partial charge < -0.3 is 4.90 Å². The van der Waals surface area contributed by atoms with Gasteiger partial charge in [-0.3, -0.25) is 16.3 Å². The number of fused-ring (bicyclic) bond motifs is 1. The van der Waals surface area contributed by atoms with Gasteiger partial charge in [0.05, 0.1) is 11.6 Å². The molecule has 1 aromatic carbocycles. The van der Waals surface area contributed by atoms with E-state index in [1.165, 1.54) is 0 Å². The van der Waals surface area contributed by atoms with Gasteiger partial charge in [0, 0.05) is 17.1 Å². The van der Waals surface area contributed by atoms with E-state index in [9.17, 15) is 0 Å². The number of hydrogen-bond donors (Lipinski definition) is 2. The van der Waals surface area contributed by atoms with Crippen LogP contribution in [0.15, 0.2) is 36.5 Å². The lowest BCUT2D eigenvalue weighted by atomic mass is 9.87. The maximum atomic E-state index is 5.78. The standard InChI is InChI=1S/C15H22N4/c1-15(2,19(3)4)14(18-16)12-8-7-11-6-5-9-17-13(11)10-12/h5-10,14,18H,16H2,1-4H3. The zero-order chi connectivity index (χ0) is 14.0. The van der Waals surface area contributed by atoms with Crippen LogP contribution in [0.25, 0.3) is 10.9 Å². The molecule has 4 heteroatoms. The summed E-state index contributed by atoms with van der Waals surface area (Å²) in [7, 11) is 4.12. The highest BCUT2D eigenvalue weighted by Crippen LogP contribution is 2.30. The summed E-state index contributed by atoms with van der Waals surface area (Å²) < 4.78 is 0. The summed E-state index contributed by atoms with van der Waals surface area (Å²) in [5.74, 6) is 5.78. The summed E-state index contributed by atoms with van der Waals surface area (Å²) in [5, 5.41) is 1.14. The third-order valence-electron chi connectivity index (χ3n) is 3.99. The Morgan fingerprint density at radius 3 is 2.63 bits per heavy atom. The summed E-state index contributed by atoms with van der Waals surface area (Å²) in [6, 6.07) is 10.4. The first-order valence-electron chi connectivity index (χ1n) is 6.45. The van der Waals surface area contributed by atoms with Gasteiger partial charge in [0.2, 0.25) is 0 Å². The zero-order valence-electron chi connectivity index (χ0n) is 12.0. The van der Waals surface area contributed by atoms with Gasteiger partial charge in [0.15, 0.2) is 0 Å². The summed E-state index contributed by atoms with van der Waals surface area (Å²) >= 11 is 0. The number of pyridine rings is 1. The number of nitrogens with two attached hydrogens (primary N) is 1. The van der Waals surface area contributed by atoms with Crippen LogP contribution in [0.1, 0.15) is 25.5 Å². The number of hydrazine groups is 1. The van der Waals surface area contributed by atoms with E-state index in [4.69, 9.17) is 5.84 Å². The third-order valence-corrected chi connectivity index (χ3v) is 3.99. The fourth-order valence-corrected chi connectivity index (χ4v) is 2.23. The van der Waals surface area contributed by atoms with Gasteiger partial charge in [-0.25, -0.2) is 0 Å². The van der Waals surface area contributed by atoms with Gasteiger partial charge in [-0.2, -0.15) is 0 Å². The predicted octanol–water partition coefficient (Wildman–Crippen LogP) is 2.08. The van der Waals surface area contributed by atoms with Crippen LogP contribution in [0.5, 0.6) is 0 Å². The number of likely N-dealkylation sites (N-methyl/N-ethyl adjacent to an activating group) is 1. The molecule has 0 saturated heterocycles. The molecule has 19 heavy (non-hydrogen) atoms. The minimum absolute atomic E-state index is 0.0360. The lowest BCUT2D eigenvalue weighted by Crippen LogP contribution is -2.51. The Hall–Kier alpha value is -1.49. The Bertz CT molecular complexity index is 563. The minimum Gasteiger partial charge on any atom is -0.302 e. The van der Waals surface area contributed by atoms with Crippen LogP contribution in [0, 0.1) is 0 Å². The van der Waals surface area contributed by atoms with Crippen molar-refractivity contribution in [1.29, 1.82) is 0 Å². The van der Waals surface area contributed by atoms with Crippen molar-refractivity contribution in [2.75, 3.05) is 14.1 Å². The monoisotopic (exact) mass is 258 g/mol. The fraction of sp³-hybridized carbons (Fsp3) is 0.400. The summed E-state index contributed by atoms with van der Waals surface area (Å²) in [4.78, 5) is 6.57. The molecule has 0 aliphatic rings. The maximum absolute atomic E-state index is 5.78. The quantitative estimate of drug-likeness (QED) is 0.651. The second kappa shape index (κ2) is 5.25. The Kier molecular flexibility index (Phi) is 3.85. The number of nitrogens with one attached hydrogen (secondary N) is 1. The first-order valence-corrected chi connectivity index (χ1v) is 6.45. The van der Waals surface area contributed by atoms with Gasteiger partial charge >= 0.3 is 0 Å². The third kappa shape index (κ3) is 2.61. The van der Waals surface area contributed by atoms with Crippen LogP contribution < -0.4 is 11.3 Å². The number of hydrogen-bond acceptors (Lipinski definition) is 4. The van der Waals surface area contributed by atoms with E-state index in [2.05, 4.69) is 67.5 Å². The molecule has 102 valence electrons. The van der Waals surface area contributed by atoms with E-state index in [-0.39, 0.29) is 11.6 Å². The molecule has 1 heterocycles. The van der Waals surface area contributed by atoms with E-state index in [0.717, 1.165) is 16.5 Å². The van der Waals surface area contributed by atoms with Gasteiger partial charge in [-0.15, -0.1) is 0 Å². The average molecular weight is 258 g/mol. The molecule has 0 bridgehead atoms. The molecule has 1 unspecified atom stereocenters. The van der Waals surface area contributed by atoms with Crippen molar-refractivity contribution in [1.82, 2.24) is 15.3 Å². The molecule has 0 aliphatic heterocycles. The summed E-state index contributed by atoms with van der Waals surface area (Å²) in [6.07, 6.45) is 1.81. The van der Waals surface area contributed by atoms with Gasteiger partial charge in [-0.05, 0) is 45.6 Å². The van der Waals surface area contributed by atoms with Crippen molar-refractivity contribution in [3.05, 3.63) is 42.1 Å². The summed E-state index contributed by atoms with van der Waals surface area (Å²) in [5.41, 5.74) is 4.98. The highest BCUT2D eigenvalue weighted by atomic mass is 15.3. The van der Waals surface area contributed by atoms with Crippen molar-refractivity contribution >= 4 is 10.9 Å². The van der Waals surface area contributed by atoms with Crippen LogP contribution in [-0.4, -0.2) is 29.5 Å². The molecule has 0 saturated carbocycles. The Labute approximate surface area is 114 Å². The zero-order valence-corrected chi connectivity index (χ0v) is 12.0. The molecule has 1 atom stereocenters. The lowest BCUT2D eigenvalue weighted by Gasteiger charge is -2.40. The number of rotatable bonds is 4. The number of benzene rings is 1. The molecule has 2 aromatic rings. The first kappa shape index (κ1) is 13.9. The molecule has 3 N–H and O–H groups in total. The van der Waals surface area contributed by atoms with Crippen LogP contribution in [0.3, 0.4) is 0 Å². The maximum Gasteiger partial charge on any atom is 0.0705 e. The van der Waals surface area contributed by atoms with Crippen molar-refractivity contribution < 1.29 is 0 Å². The molecule has 2 rings (SSSR count). The second-order valence-corrected chi connectivity index (χ2v) is 5.60. The Balaban J connectivity index is 2.46. The minimum atomic E-state index is -0.1000. The predicted molar refractivity (Wildman–Crippen MR) is 79.6 cm³/mol. The molecular weight excluding hydrogens is 236 g/mol. The van der Waals surface area contributed by atoms with Crippen molar-refractivity contribution in [3.8, 4) is 0 Å². The van der Waals surface area contributed by atoms with E-state index >= 15 is 0 Å². The molecule has 4 nitrogen and oxygen atoms in total. The molecule has 1 aromatic heterocycles. The van der Waals surface area contributed by atoms with E-state index in [1.807, 2.05) is 12.3 Å². The fourth-order valence-electron chi connectivity index (χ4n) is 2.23. The van der Waals surface area contributed by atoms with Gasteiger partial charge in [0.25, 0.3) is 0 Å². The van der Waals surface area contributed by atoms with Crippen molar-refractivity contribution in [2.24, 2.45) is 5.84 Å². The molecule has 0 fully saturated rings. The number of nitrogens with zero attached hydrogens (tertiary/aromatic N) is 2. The van der Waals surface area contributed by atoms with E-state index in [1.54, 1.807) is 0 Å². The molecule has 0 radical (unpaired) electrons. The highest BCUT2D eigenvalue weighted by Gasteiger charge is 2.32. The normalized spacial score (nSPS) is 14.0. The van der Waals surface area contributed by atoms with Crippen LogP contribution in [0.4, 0.5) is 0 Å². The van der Waals surface area contributed by atoms with E-state index in [0.29, 0.717) is 0 Å². The molecule has 0 amide bonds. The van der Waals surface area contributed by atoms with Gasteiger partial charge in [0.1, 0.15) is 0 Å². The topological polar surface area (TPSA) is 54.2 Å². The SMILES string of the molecule is CN(C)C(C)(C)C(NN)c1ccc2cccnc2c1. The molecular formula is C15H22N4.